The van der Waals surface area contributed by atoms with Crippen molar-refractivity contribution < 1.29 is 9.90 Å². The molecule has 0 atom stereocenters. The van der Waals surface area contributed by atoms with E-state index < -0.39 is 5.97 Å². The van der Waals surface area contributed by atoms with E-state index >= 15 is 0 Å². The number of nitrogens with one attached hydrogen (secondary N) is 1. The molecule has 18 heavy (non-hydrogen) atoms. The lowest BCUT2D eigenvalue weighted by Gasteiger charge is -2.10. The Morgan fingerprint density at radius 1 is 1.39 bits per heavy atom. The van der Waals surface area contributed by atoms with Crippen LogP contribution in [0, 0.1) is 6.92 Å². The number of anilines is 2. The molecule has 2 aromatic rings. The maximum absolute atomic E-state index is 10.7. The Hall–Kier alpha value is -1.52. The number of carbonyl (C=O) groups is 1. The first-order valence-electron chi connectivity index (χ1n) is 5.37. The molecule has 0 radical (unpaired) electrons. The van der Waals surface area contributed by atoms with E-state index in [2.05, 4.69) is 5.32 Å². The van der Waals surface area contributed by atoms with E-state index in [0.717, 1.165) is 22.5 Å². The highest BCUT2D eigenvalue weighted by molar-refractivity contribution is 7.08. The number of rotatable bonds is 4. The molecule has 0 aliphatic heterocycles. The molecule has 1 heterocycles. The van der Waals surface area contributed by atoms with Crippen molar-refractivity contribution in [1.29, 1.82) is 0 Å². The molecule has 0 spiro atoms. The lowest BCUT2D eigenvalue weighted by atomic mass is 10.1. The van der Waals surface area contributed by atoms with Crippen LogP contribution in [0.15, 0.2) is 29.0 Å². The lowest BCUT2D eigenvalue weighted by molar-refractivity contribution is -0.136. The molecule has 0 amide bonds. The van der Waals surface area contributed by atoms with Gasteiger partial charge in [0.1, 0.15) is 0 Å². The standard InChI is InChI=1S/C13H12ClNO2S/c1-8-10(14)3-2-4-11(8)15-12-7-18-6-9(12)5-13(16)17/h2-4,6-7,15H,5H2,1H3,(H,16,17). The normalized spacial score (nSPS) is 10.3. The van der Waals surface area contributed by atoms with Gasteiger partial charge in [0.2, 0.25) is 0 Å². The van der Waals surface area contributed by atoms with E-state index in [9.17, 15) is 4.79 Å². The minimum atomic E-state index is -0.834. The number of hydrogen-bond acceptors (Lipinski definition) is 3. The summed E-state index contributed by atoms with van der Waals surface area (Å²) < 4.78 is 0. The first-order chi connectivity index (χ1) is 8.58. The Kier molecular flexibility index (Phi) is 3.89. The molecule has 0 bridgehead atoms. The summed E-state index contributed by atoms with van der Waals surface area (Å²) >= 11 is 7.53. The van der Waals surface area contributed by atoms with E-state index in [1.165, 1.54) is 11.3 Å². The van der Waals surface area contributed by atoms with Crippen LogP contribution in [0.3, 0.4) is 0 Å². The second-order valence-electron chi connectivity index (χ2n) is 3.92. The Balaban J connectivity index is 2.26. The molecule has 0 aliphatic carbocycles. The highest BCUT2D eigenvalue weighted by atomic mass is 35.5. The monoisotopic (exact) mass is 281 g/mol. The van der Waals surface area contributed by atoms with E-state index in [-0.39, 0.29) is 6.42 Å². The minimum absolute atomic E-state index is 0.0193. The van der Waals surface area contributed by atoms with Gasteiger partial charge >= 0.3 is 5.97 Å². The van der Waals surface area contributed by atoms with Gasteiger partial charge in [-0.1, -0.05) is 17.7 Å². The van der Waals surface area contributed by atoms with Gasteiger partial charge in [-0.25, -0.2) is 0 Å². The predicted octanol–water partition coefficient (Wildman–Crippen LogP) is 4.08. The molecule has 0 fully saturated rings. The fraction of sp³-hybridized carbons (Fsp3) is 0.154. The summed E-state index contributed by atoms with van der Waals surface area (Å²) in [5.41, 5.74) is 3.46. The predicted molar refractivity (Wildman–Crippen MR) is 75.1 cm³/mol. The van der Waals surface area contributed by atoms with Crippen LogP contribution in [0.25, 0.3) is 0 Å². The van der Waals surface area contributed by atoms with Gasteiger partial charge in [0.25, 0.3) is 0 Å². The van der Waals surface area contributed by atoms with Crippen molar-refractivity contribution in [3.05, 3.63) is 45.1 Å². The van der Waals surface area contributed by atoms with Crippen molar-refractivity contribution in [1.82, 2.24) is 0 Å². The van der Waals surface area contributed by atoms with Gasteiger partial charge in [0.15, 0.2) is 0 Å². The van der Waals surface area contributed by atoms with Gasteiger partial charge in [0.05, 0.1) is 12.1 Å². The van der Waals surface area contributed by atoms with E-state index in [1.807, 2.05) is 35.9 Å². The molecule has 2 rings (SSSR count). The zero-order valence-corrected chi connectivity index (χ0v) is 11.3. The van der Waals surface area contributed by atoms with Crippen molar-refractivity contribution in [2.75, 3.05) is 5.32 Å². The van der Waals surface area contributed by atoms with Gasteiger partial charge in [-0.05, 0) is 35.6 Å². The molecule has 0 saturated carbocycles. The van der Waals surface area contributed by atoms with Gasteiger partial charge in [-0.3, -0.25) is 4.79 Å². The van der Waals surface area contributed by atoms with Gasteiger partial charge < -0.3 is 10.4 Å². The topological polar surface area (TPSA) is 49.3 Å². The number of benzene rings is 1. The SMILES string of the molecule is Cc1c(Cl)cccc1Nc1cscc1CC(=O)O. The van der Waals surface area contributed by atoms with Crippen LogP contribution in [-0.2, 0) is 11.2 Å². The third-order valence-electron chi connectivity index (χ3n) is 2.62. The Bertz CT molecular complexity index is 580. The van der Waals surface area contributed by atoms with Crippen LogP contribution < -0.4 is 5.32 Å². The summed E-state index contributed by atoms with van der Waals surface area (Å²) in [5.74, 6) is -0.834. The van der Waals surface area contributed by atoms with Gasteiger partial charge in [-0.15, -0.1) is 11.3 Å². The summed E-state index contributed by atoms with van der Waals surface area (Å²) in [6.07, 6.45) is 0.0193. The molecular formula is C13H12ClNO2S. The summed E-state index contributed by atoms with van der Waals surface area (Å²) in [4.78, 5) is 10.7. The fourth-order valence-corrected chi connectivity index (χ4v) is 2.58. The molecule has 0 aliphatic rings. The number of carboxylic acids is 1. The average molecular weight is 282 g/mol. The molecule has 94 valence electrons. The number of thiophene rings is 1. The molecule has 5 heteroatoms. The van der Waals surface area contributed by atoms with Crippen LogP contribution in [-0.4, -0.2) is 11.1 Å². The third-order valence-corrected chi connectivity index (χ3v) is 3.82. The van der Waals surface area contributed by atoms with E-state index in [1.54, 1.807) is 0 Å². The Labute approximate surface area is 114 Å². The molecule has 1 aromatic carbocycles. The fourth-order valence-electron chi connectivity index (χ4n) is 1.62. The second-order valence-corrected chi connectivity index (χ2v) is 5.07. The van der Waals surface area contributed by atoms with E-state index in [0.29, 0.717) is 5.02 Å². The maximum Gasteiger partial charge on any atom is 0.307 e. The quantitative estimate of drug-likeness (QED) is 0.888. The molecule has 0 unspecified atom stereocenters. The van der Waals surface area contributed by atoms with Crippen molar-refractivity contribution >= 4 is 40.3 Å². The molecule has 3 nitrogen and oxygen atoms in total. The van der Waals surface area contributed by atoms with Crippen molar-refractivity contribution in [3.63, 3.8) is 0 Å². The van der Waals surface area contributed by atoms with Crippen LogP contribution in [0.4, 0.5) is 11.4 Å². The maximum atomic E-state index is 10.7. The highest BCUT2D eigenvalue weighted by Crippen LogP contribution is 2.29. The number of aliphatic carboxylic acids is 1. The summed E-state index contributed by atoms with van der Waals surface area (Å²) in [5, 5.41) is 16.5. The summed E-state index contributed by atoms with van der Waals surface area (Å²) in [6.45, 7) is 1.92. The van der Waals surface area contributed by atoms with E-state index in [4.69, 9.17) is 16.7 Å². The number of hydrogen-bond donors (Lipinski definition) is 2. The van der Waals surface area contributed by atoms with Crippen LogP contribution in [0.2, 0.25) is 5.02 Å². The number of carboxylic acid groups (broad SMARTS) is 1. The smallest absolute Gasteiger partial charge is 0.307 e. The zero-order chi connectivity index (χ0) is 13.1. The summed E-state index contributed by atoms with van der Waals surface area (Å²) in [6, 6.07) is 5.61. The Morgan fingerprint density at radius 2 is 2.17 bits per heavy atom. The first kappa shape index (κ1) is 12.9. The molecule has 2 N–H and O–H groups in total. The molecule has 0 saturated heterocycles. The molecule has 1 aromatic heterocycles. The van der Waals surface area contributed by atoms with Crippen LogP contribution in [0.5, 0.6) is 0 Å². The second kappa shape index (κ2) is 5.42. The first-order valence-corrected chi connectivity index (χ1v) is 6.69. The number of halogens is 1. The Morgan fingerprint density at radius 3 is 2.89 bits per heavy atom. The zero-order valence-electron chi connectivity index (χ0n) is 9.74. The average Bonchev–Trinajstić information content (AvgIpc) is 2.72. The van der Waals surface area contributed by atoms with Crippen molar-refractivity contribution in [2.24, 2.45) is 0 Å². The molecular weight excluding hydrogens is 270 g/mol. The minimum Gasteiger partial charge on any atom is -0.481 e. The highest BCUT2D eigenvalue weighted by Gasteiger charge is 2.09. The van der Waals surface area contributed by atoms with Crippen LogP contribution >= 0.6 is 22.9 Å². The van der Waals surface area contributed by atoms with Gasteiger partial charge in [0, 0.05) is 16.1 Å². The lowest BCUT2D eigenvalue weighted by Crippen LogP contribution is -2.02. The summed E-state index contributed by atoms with van der Waals surface area (Å²) in [7, 11) is 0. The van der Waals surface area contributed by atoms with Gasteiger partial charge in [-0.2, -0.15) is 0 Å². The third kappa shape index (κ3) is 2.83. The van der Waals surface area contributed by atoms with Crippen molar-refractivity contribution in [2.45, 2.75) is 13.3 Å². The largest absolute Gasteiger partial charge is 0.481 e. The van der Waals surface area contributed by atoms with Crippen LogP contribution in [0.1, 0.15) is 11.1 Å². The van der Waals surface area contributed by atoms with Crippen molar-refractivity contribution in [3.8, 4) is 0 Å².